The number of nitriles is 1. The van der Waals surface area contributed by atoms with E-state index in [0.717, 1.165) is 16.8 Å². The van der Waals surface area contributed by atoms with E-state index in [1.54, 1.807) is 12.1 Å². The van der Waals surface area contributed by atoms with Gasteiger partial charge in [-0.1, -0.05) is 82.7 Å². The van der Waals surface area contributed by atoms with Crippen LogP contribution in [-0.2, 0) is 6.42 Å². The highest BCUT2D eigenvalue weighted by Crippen LogP contribution is 2.19. The Morgan fingerprint density at radius 3 is 2.04 bits per heavy atom. The van der Waals surface area contributed by atoms with Gasteiger partial charge in [0.15, 0.2) is 0 Å². The average molecular weight is 407 g/mol. The molecule has 4 heteroatoms. The van der Waals surface area contributed by atoms with E-state index >= 15 is 0 Å². The first-order valence-corrected chi connectivity index (χ1v) is 8.99. The van der Waals surface area contributed by atoms with Gasteiger partial charge in [0.1, 0.15) is 11.9 Å². The lowest BCUT2D eigenvalue weighted by molar-refractivity contribution is 0.603. The van der Waals surface area contributed by atoms with Crippen molar-refractivity contribution in [1.82, 2.24) is 0 Å². The Balaban J connectivity index is 1.99. The lowest BCUT2D eigenvalue weighted by Gasteiger charge is -2.11. The summed E-state index contributed by atoms with van der Waals surface area (Å²) < 4.78 is 14.8. The third kappa shape index (κ3) is 4.44. The van der Waals surface area contributed by atoms with Crippen molar-refractivity contribution in [2.24, 2.45) is 4.99 Å². The fourth-order valence-electron chi connectivity index (χ4n) is 2.68. The van der Waals surface area contributed by atoms with Crippen LogP contribution in [0.3, 0.4) is 0 Å². The van der Waals surface area contributed by atoms with Gasteiger partial charge in [-0.15, -0.1) is 0 Å². The topological polar surface area (TPSA) is 36.1 Å². The summed E-state index contributed by atoms with van der Waals surface area (Å²) in [5, 5.41) is 9.59. The van der Waals surface area contributed by atoms with E-state index in [1.807, 2.05) is 60.7 Å². The predicted molar refractivity (Wildman–Crippen MR) is 106 cm³/mol. The third-order valence-corrected chi connectivity index (χ3v) is 4.45. The Morgan fingerprint density at radius 1 is 0.962 bits per heavy atom. The molecule has 3 rings (SSSR count). The maximum atomic E-state index is 14.1. The second-order valence-electron chi connectivity index (χ2n) is 5.79. The van der Waals surface area contributed by atoms with Crippen molar-refractivity contribution in [2.45, 2.75) is 12.5 Å². The van der Waals surface area contributed by atoms with Crippen LogP contribution in [0.25, 0.3) is 0 Å². The van der Waals surface area contributed by atoms with Gasteiger partial charge >= 0.3 is 0 Å². The predicted octanol–water partition coefficient (Wildman–Crippen LogP) is 5.56. The summed E-state index contributed by atoms with van der Waals surface area (Å²) in [4.78, 5) is 4.67. The van der Waals surface area contributed by atoms with E-state index in [9.17, 15) is 9.65 Å². The first kappa shape index (κ1) is 18.0. The summed E-state index contributed by atoms with van der Waals surface area (Å²) in [5.74, 6) is -0.337. The van der Waals surface area contributed by atoms with E-state index in [1.165, 1.54) is 6.07 Å². The van der Waals surface area contributed by atoms with Crippen LogP contribution in [-0.4, -0.2) is 11.8 Å². The zero-order chi connectivity index (χ0) is 18.4. The van der Waals surface area contributed by atoms with E-state index in [0.29, 0.717) is 10.0 Å². The van der Waals surface area contributed by atoms with Crippen LogP contribution in [0.15, 0.2) is 88.3 Å². The van der Waals surface area contributed by atoms with Crippen molar-refractivity contribution >= 4 is 21.6 Å². The number of aliphatic imine (C=N–C) groups is 1. The summed E-state index contributed by atoms with van der Waals surface area (Å²) in [7, 11) is 0. The summed E-state index contributed by atoms with van der Waals surface area (Å²) in [6, 6.07) is 25.8. The van der Waals surface area contributed by atoms with Gasteiger partial charge in [0.05, 0.1) is 11.8 Å². The normalized spacial score (nSPS) is 11.4. The van der Waals surface area contributed by atoms with Gasteiger partial charge < -0.3 is 0 Å². The molecule has 128 valence electrons. The zero-order valence-corrected chi connectivity index (χ0v) is 15.5. The molecular formula is C22H16BrFN2. The standard InChI is InChI=1S/C22H16BrFN2/c23-19-12-11-18(21(24)14-19)13-20(15-25)26-22(16-7-3-1-4-8-16)17-9-5-2-6-10-17/h1-12,14,20H,13H2. The number of halogens is 2. The molecule has 0 aliphatic carbocycles. The fourth-order valence-corrected chi connectivity index (χ4v) is 3.01. The van der Waals surface area contributed by atoms with E-state index in [4.69, 9.17) is 0 Å². The number of rotatable bonds is 5. The van der Waals surface area contributed by atoms with E-state index in [2.05, 4.69) is 27.0 Å². The molecule has 3 aromatic carbocycles. The van der Waals surface area contributed by atoms with Crippen molar-refractivity contribution in [1.29, 1.82) is 5.26 Å². The Morgan fingerprint density at radius 2 is 1.54 bits per heavy atom. The molecule has 0 fully saturated rings. The van der Waals surface area contributed by atoms with Crippen LogP contribution in [0.2, 0.25) is 0 Å². The highest BCUT2D eigenvalue weighted by Gasteiger charge is 2.14. The summed E-state index contributed by atoms with van der Waals surface area (Å²) in [5.41, 5.74) is 3.06. The molecule has 3 aromatic rings. The third-order valence-electron chi connectivity index (χ3n) is 3.96. The van der Waals surface area contributed by atoms with Gasteiger partial charge in [0, 0.05) is 22.0 Å². The molecule has 0 radical (unpaired) electrons. The zero-order valence-electron chi connectivity index (χ0n) is 13.9. The monoisotopic (exact) mass is 406 g/mol. The van der Waals surface area contributed by atoms with Crippen molar-refractivity contribution < 1.29 is 4.39 Å². The van der Waals surface area contributed by atoms with Crippen LogP contribution in [0.1, 0.15) is 16.7 Å². The molecule has 0 aromatic heterocycles. The number of nitrogens with zero attached hydrogens (tertiary/aromatic N) is 2. The van der Waals surface area contributed by atoms with E-state index in [-0.39, 0.29) is 12.2 Å². The maximum absolute atomic E-state index is 14.1. The smallest absolute Gasteiger partial charge is 0.141 e. The number of hydrogen-bond donors (Lipinski definition) is 0. The molecule has 0 bridgehead atoms. The molecule has 0 saturated carbocycles. The quantitative estimate of drug-likeness (QED) is 0.510. The molecule has 0 aliphatic rings. The van der Waals surface area contributed by atoms with Crippen molar-refractivity contribution in [3.8, 4) is 6.07 Å². The van der Waals surface area contributed by atoms with Gasteiger partial charge in [-0.05, 0) is 17.7 Å². The van der Waals surface area contributed by atoms with Crippen LogP contribution in [0.5, 0.6) is 0 Å². The second kappa shape index (κ2) is 8.55. The number of benzene rings is 3. The molecule has 0 amide bonds. The van der Waals surface area contributed by atoms with E-state index < -0.39 is 6.04 Å². The van der Waals surface area contributed by atoms with Crippen LogP contribution in [0, 0.1) is 17.1 Å². The molecule has 0 heterocycles. The van der Waals surface area contributed by atoms with Crippen LogP contribution < -0.4 is 0 Å². The average Bonchev–Trinajstić information content (AvgIpc) is 2.68. The SMILES string of the molecule is N#CC(Cc1ccc(Br)cc1F)N=C(c1ccccc1)c1ccccc1. The van der Waals surface area contributed by atoms with Gasteiger partial charge in [-0.2, -0.15) is 5.26 Å². The molecule has 0 saturated heterocycles. The van der Waals surface area contributed by atoms with Gasteiger partial charge in [0.2, 0.25) is 0 Å². The largest absolute Gasteiger partial charge is 0.265 e. The van der Waals surface area contributed by atoms with Crippen molar-refractivity contribution in [2.75, 3.05) is 0 Å². The van der Waals surface area contributed by atoms with Crippen LogP contribution in [0.4, 0.5) is 4.39 Å². The molecular weight excluding hydrogens is 391 g/mol. The summed E-state index contributed by atoms with van der Waals surface area (Å²) >= 11 is 3.25. The molecule has 0 N–H and O–H groups in total. The van der Waals surface area contributed by atoms with Gasteiger partial charge in [-0.25, -0.2) is 4.39 Å². The molecule has 1 unspecified atom stereocenters. The van der Waals surface area contributed by atoms with Crippen molar-refractivity contribution in [3.05, 3.63) is 106 Å². The van der Waals surface area contributed by atoms with Crippen LogP contribution >= 0.6 is 15.9 Å². The first-order valence-electron chi connectivity index (χ1n) is 8.19. The minimum absolute atomic E-state index is 0.221. The number of hydrogen-bond acceptors (Lipinski definition) is 2. The second-order valence-corrected chi connectivity index (χ2v) is 6.71. The maximum Gasteiger partial charge on any atom is 0.141 e. The highest BCUT2D eigenvalue weighted by molar-refractivity contribution is 9.10. The molecule has 0 aliphatic heterocycles. The first-order chi connectivity index (χ1) is 12.7. The molecule has 1 atom stereocenters. The Bertz CT molecular complexity index is 905. The minimum atomic E-state index is -0.680. The Hall–Kier alpha value is -2.77. The molecule has 2 nitrogen and oxygen atoms in total. The van der Waals surface area contributed by atoms with Crippen molar-refractivity contribution in [3.63, 3.8) is 0 Å². The minimum Gasteiger partial charge on any atom is -0.265 e. The lowest BCUT2D eigenvalue weighted by Crippen LogP contribution is -2.13. The summed E-state index contributed by atoms with van der Waals surface area (Å²) in [6.45, 7) is 0. The Labute approximate surface area is 160 Å². The molecule has 0 spiro atoms. The summed E-state index contributed by atoms with van der Waals surface area (Å²) in [6.07, 6.45) is 0.221. The highest BCUT2D eigenvalue weighted by atomic mass is 79.9. The fraction of sp³-hybridized carbons (Fsp3) is 0.0909. The Kier molecular flexibility index (Phi) is 5.93. The van der Waals surface area contributed by atoms with Gasteiger partial charge in [0.25, 0.3) is 0 Å². The lowest BCUT2D eigenvalue weighted by atomic mass is 10.0. The van der Waals surface area contributed by atoms with Gasteiger partial charge in [-0.3, -0.25) is 4.99 Å². The molecule has 26 heavy (non-hydrogen) atoms.